The summed E-state index contributed by atoms with van der Waals surface area (Å²) in [4.78, 5) is 12.2. The first kappa shape index (κ1) is 18.4. The highest BCUT2D eigenvalue weighted by Crippen LogP contribution is 2.24. The van der Waals surface area contributed by atoms with Crippen molar-refractivity contribution in [3.05, 3.63) is 78.6 Å². The summed E-state index contributed by atoms with van der Waals surface area (Å²) in [5.74, 6) is 0.157. The summed E-state index contributed by atoms with van der Waals surface area (Å²) >= 11 is 1.34. The number of para-hydroxylation sites is 1. The Morgan fingerprint density at radius 1 is 1.03 bits per heavy atom. The van der Waals surface area contributed by atoms with Crippen LogP contribution in [0.5, 0.6) is 0 Å². The standard InChI is InChI=1S/C22H18N6OS/c1-15-7-9-16(10-8-15)18-13-19-21-24-25-22(27(21)11-12-28(19)26-18)30-14-20(29)23-17-5-3-2-4-6-17/h2-13H,14H2,1H3,(H,23,29). The molecule has 0 atom stereocenters. The van der Waals surface area contributed by atoms with Crippen molar-refractivity contribution in [2.24, 2.45) is 0 Å². The molecule has 5 rings (SSSR count). The van der Waals surface area contributed by atoms with Crippen molar-refractivity contribution in [3.8, 4) is 11.3 Å². The fourth-order valence-corrected chi connectivity index (χ4v) is 3.92. The first-order valence-electron chi connectivity index (χ1n) is 9.45. The Balaban J connectivity index is 1.39. The molecular formula is C22H18N6OS. The number of benzene rings is 2. The third-order valence-electron chi connectivity index (χ3n) is 4.72. The van der Waals surface area contributed by atoms with Crippen LogP contribution in [0.25, 0.3) is 22.4 Å². The first-order chi connectivity index (χ1) is 14.7. The van der Waals surface area contributed by atoms with Crippen LogP contribution in [0.4, 0.5) is 5.69 Å². The number of aromatic nitrogens is 5. The average Bonchev–Trinajstić information content (AvgIpc) is 3.37. The summed E-state index contributed by atoms with van der Waals surface area (Å²) < 4.78 is 3.69. The van der Waals surface area contributed by atoms with Crippen molar-refractivity contribution in [3.63, 3.8) is 0 Å². The van der Waals surface area contributed by atoms with E-state index in [1.165, 1.54) is 17.3 Å². The molecule has 0 saturated heterocycles. The summed E-state index contributed by atoms with van der Waals surface area (Å²) in [6, 6.07) is 19.7. The third kappa shape index (κ3) is 3.53. The Morgan fingerprint density at radius 3 is 2.63 bits per heavy atom. The van der Waals surface area contributed by atoms with E-state index in [1.54, 1.807) is 4.52 Å². The number of aryl methyl sites for hydroxylation is 1. The smallest absolute Gasteiger partial charge is 0.234 e. The molecule has 7 nitrogen and oxygen atoms in total. The molecule has 0 spiro atoms. The molecule has 2 aromatic carbocycles. The number of carbonyl (C=O) groups is 1. The van der Waals surface area contributed by atoms with Crippen molar-refractivity contribution in [2.45, 2.75) is 12.1 Å². The largest absolute Gasteiger partial charge is 0.325 e. The summed E-state index contributed by atoms with van der Waals surface area (Å²) in [5, 5.41) is 16.8. The predicted molar refractivity (Wildman–Crippen MR) is 118 cm³/mol. The lowest BCUT2D eigenvalue weighted by atomic mass is 10.1. The molecule has 0 unspecified atom stereocenters. The fraction of sp³-hybridized carbons (Fsp3) is 0.0909. The Kier molecular flexibility index (Phi) is 4.68. The van der Waals surface area contributed by atoms with E-state index in [0.29, 0.717) is 10.8 Å². The molecule has 1 amide bonds. The van der Waals surface area contributed by atoms with E-state index in [4.69, 9.17) is 0 Å². The van der Waals surface area contributed by atoms with E-state index in [2.05, 4.69) is 51.8 Å². The Hall–Kier alpha value is -3.65. The summed E-state index contributed by atoms with van der Waals surface area (Å²) in [7, 11) is 0. The number of nitrogens with zero attached hydrogens (tertiary/aromatic N) is 5. The zero-order chi connectivity index (χ0) is 20.5. The number of hydrogen-bond donors (Lipinski definition) is 1. The van der Waals surface area contributed by atoms with Crippen molar-refractivity contribution >= 4 is 34.5 Å². The van der Waals surface area contributed by atoms with Crippen LogP contribution in [0, 0.1) is 6.92 Å². The van der Waals surface area contributed by atoms with E-state index in [0.717, 1.165) is 22.5 Å². The van der Waals surface area contributed by atoms with Crippen LogP contribution >= 0.6 is 11.8 Å². The second-order valence-electron chi connectivity index (χ2n) is 6.90. The minimum absolute atomic E-state index is 0.0879. The van der Waals surface area contributed by atoms with Gasteiger partial charge in [0.1, 0.15) is 5.52 Å². The number of fused-ring (bicyclic) bond motifs is 3. The number of carbonyl (C=O) groups excluding carboxylic acids is 1. The van der Waals surface area contributed by atoms with Crippen LogP contribution in [0.15, 0.2) is 78.2 Å². The first-order valence-corrected chi connectivity index (χ1v) is 10.4. The number of anilines is 1. The molecule has 0 aliphatic heterocycles. The number of nitrogens with one attached hydrogen (secondary N) is 1. The zero-order valence-electron chi connectivity index (χ0n) is 16.2. The minimum Gasteiger partial charge on any atom is -0.325 e. The van der Waals surface area contributed by atoms with Gasteiger partial charge in [-0.1, -0.05) is 59.8 Å². The quantitative estimate of drug-likeness (QED) is 0.439. The monoisotopic (exact) mass is 414 g/mol. The van der Waals surface area contributed by atoms with E-state index in [9.17, 15) is 4.79 Å². The van der Waals surface area contributed by atoms with Gasteiger partial charge in [0.2, 0.25) is 5.91 Å². The van der Waals surface area contributed by atoms with Crippen LogP contribution in [0.1, 0.15) is 5.56 Å². The van der Waals surface area contributed by atoms with E-state index in [-0.39, 0.29) is 11.7 Å². The Bertz CT molecular complexity index is 1340. The van der Waals surface area contributed by atoms with Crippen LogP contribution in [0.2, 0.25) is 0 Å². The molecule has 0 saturated carbocycles. The van der Waals surface area contributed by atoms with Crippen LogP contribution in [0.3, 0.4) is 0 Å². The molecule has 0 aliphatic carbocycles. The third-order valence-corrected chi connectivity index (χ3v) is 5.67. The summed E-state index contributed by atoms with van der Waals surface area (Å²) in [6.45, 7) is 2.06. The Morgan fingerprint density at radius 2 is 1.83 bits per heavy atom. The molecule has 0 bridgehead atoms. The molecule has 8 heteroatoms. The maximum absolute atomic E-state index is 12.2. The van der Waals surface area contributed by atoms with Gasteiger partial charge in [-0.2, -0.15) is 5.10 Å². The molecule has 0 fully saturated rings. The zero-order valence-corrected chi connectivity index (χ0v) is 17.0. The van der Waals surface area contributed by atoms with Gasteiger partial charge >= 0.3 is 0 Å². The van der Waals surface area contributed by atoms with Crippen molar-refractivity contribution < 1.29 is 4.79 Å². The van der Waals surface area contributed by atoms with Crippen LogP contribution < -0.4 is 5.32 Å². The molecule has 5 aromatic rings. The SMILES string of the molecule is Cc1ccc(-c2cc3c4nnc(SCC(=O)Nc5ccccc5)n4ccn3n2)cc1. The van der Waals surface area contributed by atoms with Gasteiger partial charge in [-0.25, -0.2) is 4.52 Å². The van der Waals surface area contributed by atoms with Gasteiger partial charge in [0.05, 0.1) is 11.4 Å². The highest BCUT2D eigenvalue weighted by molar-refractivity contribution is 7.99. The predicted octanol–water partition coefficient (Wildman–Crippen LogP) is 4.08. The molecule has 1 N–H and O–H groups in total. The molecule has 3 aromatic heterocycles. The van der Waals surface area contributed by atoms with Gasteiger partial charge in [0.25, 0.3) is 0 Å². The number of hydrogen-bond acceptors (Lipinski definition) is 5. The van der Waals surface area contributed by atoms with E-state index < -0.39 is 0 Å². The van der Waals surface area contributed by atoms with Crippen LogP contribution in [-0.4, -0.2) is 35.9 Å². The van der Waals surface area contributed by atoms with Gasteiger partial charge in [-0.15, -0.1) is 10.2 Å². The van der Waals surface area contributed by atoms with Gasteiger partial charge in [-0.3, -0.25) is 9.20 Å². The van der Waals surface area contributed by atoms with Gasteiger partial charge in [-0.05, 0) is 25.1 Å². The number of amides is 1. The minimum atomic E-state index is -0.0879. The summed E-state index contributed by atoms with van der Waals surface area (Å²) in [5.41, 5.74) is 5.48. The lowest BCUT2D eigenvalue weighted by molar-refractivity contribution is -0.113. The lowest BCUT2D eigenvalue weighted by Gasteiger charge is -2.04. The van der Waals surface area contributed by atoms with E-state index in [1.807, 2.05) is 53.2 Å². The lowest BCUT2D eigenvalue weighted by Crippen LogP contribution is -2.14. The molecular weight excluding hydrogens is 396 g/mol. The molecule has 30 heavy (non-hydrogen) atoms. The Labute approximate surface area is 176 Å². The molecule has 3 heterocycles. The number of rotatable bonds is 5. The average molecular weight is 414 g/mol. The second-order valence-corrected chi connectivity index (χ2v) is 7.85. The number of thioether (sulfide) groups is 1. The molecule has 148 valence electrons. The maximum atomic E-state index is 12.2. The van der Waals surface area contributed by atoms with Gasteiger partial charge in [0, 0.05) is 23.6 Å². The second kappa shape index (κ2) is 7.64. The molecule has 0 radical (unpaired) electrons. The molecule has 0 aliphatic rings. The van der Waals surface area contributed by atoms with E-state index >= 15 is 0 Å². The van der Waals surface area contributed by atoms with Crippen LogP contribution in [-0.2, 0) is 4.79 Å². The maximum Gasteiger partial charge on any atom is 0.234 e. The summed E-state index contributed by atoms with van der Waals surface area (Å²) in [6.07, 6.45) is 3.74. The van der Waals surface area contributed by atoms with Crippen molar-refractivity contribution in [2.75, 3.05) is 11.1 Å². The highest BCUT2D eigenvalue weighted by atomic mass is 32.2. The normalized spacial score (nSPS) is 11.2. The highest BCUT2D eigenvalue weighted by Gasteiger charge is 2.14. The topological polar surface area (TPSA) is 76.6 Å². The van der Waals surface area contributed by atoms with Gasteiger partial charge < -0.3 is 5.32 Å². The van der Waals surface area contributed by atoms with Gasteiger partial charge in [0.15, 0.2) is 10.8 Å². The van der Waals surface area contributed by atoms with Crippen molar-refractivity contribution in [1.29, 1.82) is 0 Å². The van der Waals surface area contributed by atoms with Crippen molar-refractivity contribution in [1.82, 2.24) is 24.2 Å². The fourth-order valence-electron chi connectivity index (χ4n) is 3.20.